The van der Waals surface area contributed by atoms with Crippen LogP contribution in [0.1, 0.15) is 24.1 Å². The van der Waals surface area contributed by atoms with Gasteiger partial charge in [-0.15, -0.1) is 0 Å². The average Bonchev–Trinajstić information content (AvgIpc) is 2.75. The molecule has 1 fully saturated rings. The van der Waals surface area contributed by atoms with Gasteiger partial charge in [0.1, 0.15) is 0 Å². The molecule has 2 heterocycles. The maximum atomic E-state index is 4.31. The number of nitrogens with one attached hydrogen (secondary N) is 1. The summed E-state index contributed by atoms with van der Waals surface area (Å²) >= 11 is 0. The highest BCUT2D eigenvalue weighted by Crippen LogP contribution is 2.24. The van der Waals surface area contributed by atoms with E-state index in [1.54, 1.807) is 0 Å². The van der Waals surface area contributed by atoms with Crippen molar-refractivity contribution in [1.29, 1.82) is 0 Å². The molecule has 0 unspecified atom stereocenters. The minimum atomic E-state index is 0.613. The third kappa shape index (κ3) is 1.76. The van der Waals surface area contributed by atoms with Crippen LogP contribution in [0.3, 0.4) is 0 Å². The summed E-state index contributed by atoms with van der Waals surface area (Å²) in [5, 5.41) is 3.32. The third-order valence-corrected chi connectivity index (χ3v) is 3.50. The van der Waals surface area contributed by atoms with E-state index in [-0.39, 0.29) is 0 Å². The zero-order valence-electron chi connectivity index (χ0n) is 10.1. The van der Waals surface area contributed by atoms with Crippen molar-refractivity contribution in [3.05, 3.63) is 48.0 Å². The summed E-state index contributed by atoms with van der Waals surface area (Å²) in [6.07, 6.45) is 4.98. The Balaban J connectivity index is 2.05. The first-order chi connectivity index (χ1) is 8.40. The molecule has 1 aromatic heterocycles. The number of aryl methyl sites for hydroxylation is 1. The molecule has 0 atom stereocenters. The number of hydrogen-bond acceptors (Lipinski definition) is 2. The number of imidazole rings is 1. The molecule has 88 valence electrons. The molecule has 1 aliphatic heterocycles. The third-order valence-electron chi connectivity index (χ3n) is 3.50. The second kappa shape index (κ2) is 4.34. The molecule has 0 amide bonds. The van der Waals surface area contributed by atoms with Crippen LogP contribution in [0.4, 0.5) is 0 Å². The quantitative estimate of drug-likeness (QED) is 0.870. The van der Waals surface area contributed by atoms with Crippen LogP contribution in [0.5, 0.6) is 0 Å². The predicted molar refractivity (Wildman–Crippen MR) is 68.6 cm³/mol. The van der Waals surface area contributed by atoms with Gasteiger partial charge in [-0.2, -0.15) is 0 Å². The summed E-state index contributed by atoms with van der Waals surface area (Å²) in [6.45, 7) is 4.33. The topological polar surface area (TPSA) is 29.9 Å². The molecule has 1 aromatic carbocycles. The molecule has 1 N–H and O–H groups in total. The second-order valence-electron chi connectivity index (χ2n) is 4.53. The molecule has 3 rings (SSSR count). The van der Waals surface area contributed by atoms with Gasteiger partial charge in [0.05, 0.1) is 6.33 Å². The van der Waals surface area contributed by atoms with E-state index in [1.165, 1.54) is 16.9 Å². The number of aromatic nitrogens is 2. The van der Waals surface area contributed by atoms with E-state index in [1.807, 2.05) is 12.5 Å². The van der Waals surface area contributed by atoms with Crippen molar-refractivity contribution in [3.8, 4) is 5.69 Å². The minimum absolute atomic E-state index is 0.613. The Kier molecular flexibility index (Phi) is 2.69. The highest BCUT2D eigenvalue weighted by molar-refractivity contribution is 5.43. The molecule has 0 spiro atoms. The molecule has 0 bridgehead atoms. The lowest BCUT2D eigenvalue weighted by Crippen LogP contribution is -2.40. The van der Waals surface area contributed by atoms with Crippen molar-refractivity contribution in [2.75, 3.05) is 13.1 Å². The molecule has 17 heavy (non-hydrogen) atoms. The highest BCUT2D eigenvalue weighted by atomic mass is 15.1. The number of rotatable bonds is 3. The molecule has 1 aliphatic rings. The van der Waals surface area contributed by atoms with E-state index in [0.29, 0.717) is 5.92 Å². The summed E-state index contributed by atoms with van der Waals surface area (Å²) in [5.74, 6) is 0.613. The van der Waals surface area contributed by atoms with Crippen molar-refractivity contribution >= 4 is 0 Å². The summed E-state index contributed by atoms with van der Waals surface area (Å²) in [7, 11) is 0. The van der Waals surface area contributed by atoms with Crippen molar-refractivity contribution in [1.82, 2.24) is 14.9 Å². The number of para-hydroxylation sites is 1. The largest absolute Gasteiger partial charge is 0.315 e. The van der Waals surface area contributed by atoms with Crippen LogP contribution in [0.15, 0.2) is 36.8 Å². The lowest BCUT2D eigenvalue weighted by atomic mass is 9.99. The molecule has 1 saturated heterocycles. The zero-order valence-corrected chi connectivity index (χ0v) is 10.1. The van der Waals surface area contributed by atoms with E-state index >= 15 is 0 Å². The van der Waals surface area contributed by atoms with E-state index < -0.39 is 0 Å². The Morgan fingerprint density at radius 2 is 2.18 bits per heavy atom. The van der Waals surface area contributed by atoms with Crippen LogP contribution in [0, 0.1) is 0 Å². The molecule has 0 saturated carbocycles. The van der Waals surface area contributed by atoms with Gasteiger partial charge >= 0.3 is 0 Å². The van der Waals surface area contributed by atoms with Gasteiger partial charge in [-0.3, -0.25) is 0 Å². The molecule has 2 aromatic rings. The number of hydrogen-bond donors (Lipinski definition) is 1. The SMILES string of the molecule is CCc1ccccc1-n1cncc1C1CNC1. The lowest BCUT2D eigenvalue weighted by Gasteiger charge is -2.28. The normalized spacial score (nSPS) is 15.8. The Morgan fingerprint density at radius 1 is 1.35 bits per heavy atom. The van der Waals surface area contributed by atoms with Gasteiger partial charge in [-0.25, -0.2) is 4.98 Å². The monoisotopic (exact) mass is 227 g/mol. The maximum Gasteiger partial charge on any atom is 0.0994 e. The molecule has 0 radical (unpaired) electrons. The predicted octanol–water partition coefficient (Wildman–Crippen LogP) is 2.12. The van der Waals surface area contributed by atoms with E-state index in [2.05, 4.69) is 46.1 Å². The van der Waals surface area contributed by atoms with Crippen LogP contribution < -0.4 is 5.32 Å². The molecular weight excluding hydrogens is 210 g/mol. The van der Waals surface area contributed by atoms with Crippen molar-refractivity contribution in [2.24, 2.45) is 0 Å². The fourth-order valence-electron chi connectivity index (χ4n) is 2.35. The van der Waals surface area contributed by atoms with Crippen LogP contribution >= 0.6 is 0 Å². The van der Waals surface area contributed by atoms with Crippen LogP contribution in [-0.4, -0.2) is 22.6 Å². The summed E-state index contributed by atoms with van der Waals surface area (Å²) < 4.78 is 2.24. The van der Waals surface area contributed by atoms with Gasteiger partial charge in [-0.05, 0) is 18.1 Å². The first-order valence-corrected chi connectivity index (χ1v) is 6.21. The Bertz CT molecular complexity index is 512. The molecule has 3 heteroatoms. The van der Waals surface area contributed by atoms with Gasteiger partial charge in [0.2, 0.25) is 0 Å². The van der Waals surface area contributed by atoms with Gasteiger partial charge in [0, 0.05) is 36.6 Å². The number of nitrogens with zero attached hydrogens (tertiary/aromatic N) is 2. The van der Waals surface area contributed by atoms with Crippen LogP contribution in [0.25, 0.3) is 5.69 Å². The highest BCUT2D eigenvalue weighted by Gasteiger charge is 2.23. The van der Waals surface area contributed by atoms with Crippen molar-refractivity contribution in [2.45, 2.75) is 19.3 Å². The fourth-order valence-corrected chi connectivity index (χ4v) is 2.35. The standard InChI is InChI=1S/C14H17N3/c1-2-11-5-3-4-6-13(11)17-10-16-9-14(17)12-7-15-8-12/h3-6,9-10,12,15H,2,7-8H2,1H3. The van der Waals surface area contributed by atoms with Crippen molar-refractivity contribution < 1.29 is 0 Å². The van der Waals surface area contributed by atoms with Gasteiger partial charge in [0.15, 0.2) is 0 Å². The van der Waals surface area contributed by atoms with Gasteiger partial charge in [-0.1, -0.05) is 25.1 Å². The second-order valence-corrected chi connectivity index (χ2v) is 4.53. The van der Waals surface area contributed by atoms with Crippen molar-refractivity contribution in [3.63, 3.8) is 0 Å². The summed E-state index contributed by atoms with van der Waals surface area (Å²) in [5.41, 5.74) is 3.97. The maximum absolute atomic E-state index is 4.31. The van der Waals surface area contributed by atoms with Crippen LogP contribution in [0.2, 0.25) is 0 Å². The Labute approximate surface area is 101 Å². The Morgan fingerprint density at radius 3 is 2.88 bits per heavy atom. The lowest BCUT2D eigenvalue weighted by molar-refractivity contribution is 0.435. The van der Waals surface area contributed by atoms with Crippen LogP contribution in [-0.2, 0) is 6.42 Å². The molecule has 3 nitrogen and oxygen atoms in total. The first kappa shape index (κ1) is 10.5. The van der Waals surface area contributed by atoms with Gasteiger partial charge < -0.3 is 9.88 Å². The molecule has 0 aliphatic carbocycles. The minimum Gasteiger partial charge on any atom is -0.315 e. The average molecular weight is 227 g/mol. The Hall–Kier alpha value is -1.61. The smallest absolute Gasteiger partial charge is 0.0994 e. The summed E-state index contributed by atoms with van der Waals surface area (Å²) in [4.78, 5) is 4.31. The number of benzene rings is 1. The molecular formula is C14H17N3. The first-order valence-electron chi connectivity index (χ1n) is 6.21. The zero-order chi connectivity index (χ0) is 11.7. The summed E-state index contributed by atoms with van der Waals surface area (Å²) in [6, 6.07) is 8.56. The fraction of sp³-hybridized carbons (Fsp3) is 0.357. The van der Waals surface area contributed by atoms with E-state index in [0.717, 1.165) is 19.5 Å². The van der Waals surface area contributed by atoms with Gasteiger partial charge in [0.25, 0.3) is 0 Å². The van der Waals surface area contributed by atoms with E-state index in [9.17, 15) is 0 Å². The van der Waals surface area contributed by atoms with E-state index in [4.69, 9.17) is 0 Å².